The normalized spacial score (nSPS) is 14.0. The van der Waals surface area contributed by atoms with Gasteiger partial charge in [-0.15, -0.1) is 0 Å². The highest BCUT2D eigenvalue weighted by Gasteiger charge is 2.31. The van der Waals surface area contributed by atoms with Gasteiger partial charge in [0.15, 0.2) is 0 Å². The minimum Gasteiger partial charge on any atom is -0.480 e. The SMILES string of the molecule is NC(=O)CC(NC(=O)C(CS)NC(=O)C(N)Cc1c[nH]c2ccccc12)C(=O)NC(Cc1c[nH]c2ccccc12)C(=O)O. The quantitative estimate of drug-likeness (QED) is 0.0898. The molecule has 0 bridgehead atoms. The van der Waals surface area contributed by atoms with Gasteiger partial charge in [0.05, 0.1) is 12.5 Å². The maximum atomic E-state index is 13.1. The Morgan fingerprint density at radius 2 is 1.23 bits per heavy atom. The molecule has 0 aliphatic heterocycles. The van der Waals surface area contributed by atoms with Crippen LogP contribution in [0.25, 0.3) is 21.8 Å². The van der Waals surface area contributed by atoms with Gasteiger partial charge in [-0.1, -0.05) is 36.4 Å². The summed E-state index contributed by atoms with van der Waals surface area (Å²) in [6, 6.07) is 9.72. The summed E-state index contributed by atoms with van der Waals surface area (Å²) >= 11 is 4.15. The van der Waals surface area contributed by atoms with Crippen LogP contribution in [-0.4, -0.2) is 74.6 Å². The molecule has 4 aromatic rings. The Hall–Kier alpha value is -4.82. The number of aliphatic carboxylic acids is 1. The fourth-order valence-electron chi connectivity index (χ4n) is 4.78. The Balaban J connectivity index is 1.40. The summed E-state index contributed by atoms with van der Waals surface area (Å²) in [5.74, 6) is -4.75. The zero-order valence-electron chi connectivity index (χ0n) is 23.0. The molecule has 0 fully saturated rings. The molecule has 10 N–H and O–H groups in total. The smallest absolute Gasteiger partial charge is 0.326 e. The second-order valence-electron chi connectivity index (χ2n) is 10.1. The van der Waals surface area contributed by atoms with E-state index in [0.717, 1.165) is 27.4 Å². The monoisotopic (exact) mass is 607 g/mol. The van der Waals surface area contributed by atoms with E-state index >= 15 is 0 Å². The van der Waals surface area contributed by atoms with Gasteiger partial charge in [-0.25, -0.2) is 4.79 Å². The lowest BCUT2D eigenvalue weighted by Gasteiger charge is -2.24. The van der Waals surface area contributed by atoms with Crippen molar-refractivity contribution < 1.29 is 29.1 Å². The van der Waals surface area contributed by atoms with Crippen molar-refractivity contribution in [1.82, 2.24) is 25.9 Å². The van der Waals surface area contributed by atoms with E-state index in [-0.39, 0.29) is 18.6 Å². The molecule has 0 aliphatic rings. The number of aromatic amines is 2. The second kappa shape index (κ2) is 13.9. The number of rotatable bonds is 14. The van der Waals surface area contributed by atoms with Gasteiger partial charge >= 0.3 is 5.97 Å². The number of hydrogen-bond donors (Lipinski definition) is 9. The molecule has 14 heteroatoms. The lowest BCUT2D eigenvalue weighted by atomic mass is 10.0. The number of H-pyrrole nitrogens is 2. The molecule has 0 saturated carbocycles. The molecule has 43 heavy (non-hydrogen) atoms. The molecule has 0 radical (unpaired) electrons. The number of benzene rings is 2. The Kier molecular flexibility index (Phi) is 10.1. The molecule has 0 saturated heterocycles. The van der Waals surface area contributed by atoms with Crippen LogP contribution in [0.15, 0.2) is 60.9 Å². The van der Waals surface area contributed by atoms with E-state index in [2.05, 4.69) is 38.5 Å². The summed E-state index contributed by atoms with van der Waals surface area (Å²) in [5.41, 5.74) is 14.6. The highest BCUT2D eigenvalue weighted by atomic mass is 32.1. The molecule has 4 atom stereocenters. The van der Waals surface area contributed by atoms with Gasteiger partial charge in [-0.05, 0) is 29.7 Å². The second-order valence-corrected chi connectivity index (χ2v) is 10.5. The molecule has 226 valence electrons. The summed E-state index contributed by atoms with van der Waals surface area (Å²) in [7, 11) is 0. The fourth-order valence-corrected chi connectivity index (χ4v) is 5.04. The van der Waals surface area contributed by atoms with E-state index in [1.807, 2.05) is 42.5 Å². The topological polar surface area (TPSA) is 225 Å². The van der Waals surface area contributed by atoms with E-state index in [0.29, 0.717) is 5.56 Å². The highest BCUT2D eigenvalue weighted by Crippen LogP contribution is 2.20. The van der Waals surface area contributed by atoms with Crippen LogP contribution in [0.1, 0.15) is 17.5 Å². The average Bonchev–Trinajstić information content (AvgIpc) is 3.58. The van der Waals surface area contributed by atoms with Gasteiger partial charge in [0.1, 0.15) is 18.1 Å². The molecule has 4 amide bonds. The summed E-state index contributed by atoms with van der Waals surface area (Å²) < 4.78 is 0. The Morgan fingerprint density at radius 1 is 0.744 bits per heavy atom. The zero-order valence-corrected chi connectivity index (χ0v) is 23.9. The third-order valence-corrected chi connectivity index (χ3v) is 7.38. The molecule has 2 heterocycles. The predicted molar refractivity (Wildman–Crippen MR) is 163 cm³/mol. The molecule has 4 rings (SSSR count). The van der Waals surface area contributed by atoms with Crippen molar-refractivity contribution in [3.63, 3.8) is 0 Å². The van der Waals surface area contributed by atoms with E-state index in [1.165, 1.54) is 0 Å². The number of primary amides is 1. The van der Waals surface area contributed by atoms with Crippen molar-refractivity contribution in [2.45, 2.75) is 43.4 Å². The van der Waals surface area contributed by atoms with Crippen molar-refractivity contribution in [1.29, 1.82) is 0 Å². The number of fused-ring (bicyclic) bond motifs is 2. The third-order valence-electron chi connectivity index (χ3n) is 7.02. The lowest BCUT2D eigenvalue weighted by molar-refractivity contribution is -0.142. The van der Waals surface area contributed by atoms with Crippen LogP contribution in [0.3, 0.4) is 0 Å². The average molecular weight is 608 g/mol. The zero-order chi connectivity index (χ0) is 31.1. The van der Waals surface area contributed by atoms with Gasteiger partial charge in [0.25, 0.3) is 0 Å². The molecule has 4 unspecified atom stereocenters. The number of nitrogens with two attached hydrogens (primary N) is 2. The van der Waals surface area contributed by atoms with Crippen molar-refractivity contribution in [2.75, 3.05) is 5.75 Å². The Morgan fingerprint density at radius 3 is 1.77 bits per heavy atom. The summed E-state index contributed by atoms with van der Waals surface area (Å²) in [6.45, 7) is 0. The number of hydrogen-bond acceptors (Lipinski definition) is 7. The van der Waals surface area contributed by atoms with Gasteiger partial charge in [-0.3, -0.25) is 19.2 Å². The van der Waals surface area contributed by atoms with Crippen LogP contribution in [0.4, 0.5) is 0 Å². The minimum atomic E-state index is -1.51. The summed E-state index contributed by atoms with van der Waals surface area (Å²) in [5, 5.41) is 18.8. The van der Waals surface area contributed by atoms with E-state index < -0.39 is 60.2 Å². The van der Waals surface area contributed by atoms with Gasteiger partial charge in [-0.2, -0.15) is 12.6 Å². The number of carbonyl (C=O) groups excluding carboxylic acids is 4. The largest absolute Gasteiger partial charge is 0.480 e. The number of carboxylic acid groups (broad SMARTS) is 1. The Bertz CT molecular complexity index is 1650. The number of thiol groups is 1. The first-order valence-corrected chi connectivity index (χ1v) is 14.1. The van der Waals surface area contributed by atoms with Crippen LogP contribution in [0, 0.1) is 0 Å². The van der Waals surface area contributed by atoms with Crippen LogP contribution in [0.5, 0.6) is 0 Å². The number of carbonyl (C=O) groups is 5. The van der Waals surface area contributed by atoms with E-state index in [4.69, 9.17) is 11.5 Å². The van der Waals surface area contributed by atoms with Gasteiger partial charge < -0.3 is 42.5 Å². The molecule has 2 aromatic carbocycles. The minimum absolute atomic E-state index is 0.0635. The maximum absolute atomic E-state index is 13.1. The van der Waals surface area contributed by atoms with E-state index in [9.17, 15) is 29.1 Å². The van der Waals surface area contributed by atoms with Crippen molar-refractivity contribution >= 4 is 64.0 Å². The molecular formula is C29H33N7O6S. The van der Waals surface area contributed by atoms with Crippen LogP contribution in [-0.2, 0) is 36.8 Å². The first-order chi connectivity index (χ1) is 20.6. The third kappa shape index (κ3) is 7.72. The molecular weight excluding hydrogens is 574 g/mol. The molecule has 0 spiro atoms. The fraction of sp³-hybridized carbons (Fsp3) is 0.276. The number of carboxylic acids is 1. The maximum Gasteiger partial charge on any atom is 0.326 e. The molecule has 13 nitrogen and oxygen atoms in total. The standard InChI is InChI=1S/C29H33N7O6S/c30-19(9-15-12-32-20-7-3-1-5-17(15)20)26(38)36-24(14-43)28(40)34-22(11-25(31)37)27(39)35-23(29(41)42)10-16-13-33-21-8-4-2-6-18(16)21/h1-8,12-13,19,22-24,32-33,43H,9-11,14,30H2,(H2,31,37)(H,34,40)(H,35,39)(H,36,38)(H,41,42). The number of aromatic nitrogens is 2. The molecule has 0 aliphatic carbocycles. The first kappa shape index (κ1) is 31.1. The van der Waals surface area contributed by atoms with Crippen molar-refractivity contribution in [3.8, 4) is 0 Å². The van der Waals surface area contributed by atoms with Crippen molar-refractivity contribution in [2.24, 2.45) is 11.5 Å². The Labute approximate surface area is 251 Å². The van der Waals surface area contributed by atoms with Crippen molar-refractivity contribution in [3.05, 3.63) is 72.1 Å². The summed E-state index contributed by atoms with van der Waals surface area (Å²) in [4.78, 5) is 69.0. The first-order valence-electron chi connectivity index (χ1n) is 13.5. The van der Waals surface area contributed by atoms with Crippen LogP contribution in [0.2, 0.25) is 0 Å². The lowest BCUT2D eigenvalue weighted by Crippen LogP contribution is -2.58. The number of amides is 4. The van der Waals surface area contributed by atoms with Crippen LogP contribution < -0.4 is 27.4 Å². The van der Waals surface area contributed by atoms with Crippen LogP contribution >= 0.6 is 12.6 Å². The number of nitrogens with one attached hydrogen (secondary N) is 5. The number of para-hydroxylation sites is 2. The summed E-state index contributed by atoms with van der Waals surface area (Å²) in [6.07, 6.45) is 2.93. The highest BCUT2D eigenvalue weighted by molar-refractivity contribution is 7.80. The van der Waals surface area contributed by atoms with E-state index in [1.54, 1.807) is 18.5 Å². The molecule has 2 aromatic heterocycles. The predicted octanol–water partition coefficient (Wildman–Crippen LogP) is 0.106. The van der Waals surface area contributed by atoms with Gasteiger partial charge in [0.2, 0.25) is 23.6 Å². The van der Waals surface area contributed by atoms with Gasteiger partial charge in [0, 0.05) is 46.4 Å².